The Morgan fingerprint density at radius 2 is 2.00 bits per heavy atom. The summed E-state index contributed by atoms with van der Waals surface area (Å²) in [6.07, 6.45) is 2.85. The molecule has 2 unspecified atom stereocenters. The van der Waals surface area contributed by atoms with Gasteiger partial charge in [0.05, 0.1) is 17.3 Å². The van der Waals surface area contributed by atoms with Crippen LogP contribution < -0.4 is 0 Å². The second kappa shape index (κ2) is 3.58. The van der Waals surface area contributed by atoms with Crippen LogP contribution in [0.3, 0.4) is 0 Å². The second-order valence-electron chi connectivity index (χ2n) is 6.91. The lowest BCUT2D eigenvalue weighted by atomic mass is 9.58. The summed E-state index contributed by atoms with van der Waals surface area (Å²) >= 11 is 0. The normalized spacial score (nSPS) is 27.9. The van der Waals surface area contributed by atoms with Crippen molar-refractivity contribution in [3.8, 4) is 0 Å². The Morgan fingerprint density at radius 1 is 1.41 bits per heavy atom. The minimum Gasteiger partial charge on any atom is -0.393 e. The Labute approximate surface area is 104 Å². The van der Waals surface area contributed by atoms with Crippen molar-refractivity contribution in [2.75, 3.05) is 0 Å². The first-order chi connectivity index (χ1) is 7.64. The zero-order valence-corrected chi connectivity index (χ0v) is 11.8. The highest BCUT2D eigenvalue weighted by atomic mass is 16.3. The molecule has 0 amide bonds. The number of aliphatic hydroxyl groups is 1. The molecule has 1 aliphatic rings. The topological polar surface area (TPSA) is 38.0 Å². The van der Waals surface area contributed by atoms with Crippen LogP contribution in [-0.2, 0) is 5.54 Å². The molecule has 1 heterocycles. The van der Waals surface area contributed by atoms with Gasteiger partial charge in [-0.15, -0.1) is 0 Å². The maximum absolute atomic E-state index is 9.84. The highest BCUT2D eigenvalue weighted by molar-refractivity contribution is 5.28. The van der Waals surface area contributed by atoms with E-state index >= 15 is 0 Å². The van der Waals surface area contributed by atoms with Crippen LogP contribution in [0.25, 0.3) is 0 Å². The highest BCUT2D eigenvalue weighted by Gasteiger charge is 2.49. The third kappa shape index (κ3) is 1.90. The molecular weight excluding hydrogens is 212 g/mol. The fraction of sp³-hybridized carbons (Fsp3) is 0.786. The van der Waals surface area contributed by atoms with Crippen LogP contribution in [0.1, 0.15) is 58.2 Å². The molecule has 1 aromatic heterocycles. The molecule has 2 rings (SSSR count). The van der Waals surface area contributed by atoms with Gasteiger partial charge < -0.3 is 5.11 Å². The van der Waals surface area contributed by atoms with Crippen molar-refractivity contribution in [1.29, 1.82) is 0 Å². The summed E-state index contributed by atoms with van der Waals surface area (Å²) in [6, 6.07) is 0. The molecule has 1 aliphatic carbocycles. The van der Waals surface area contributed by atoms with Gasteiger partial charge in [0.1, 0.15) is 0 Å². The average Bonchev–Trinajstić information content (AvgIpc) is 2.56. The standard InChI is InChI=1S/C14H24N2O/c1-9-10(8-16(15-9)13(2,3)4)11-7-12(17)14(11,5)6/h8,11-12,17H,7H2,1-6H3. The summed E-state index contributed by atoms with van der Waals surface area (Å²) < 4.78 is 2.04. The largest absolute Gasteiger partial charge is 0.393 e. The lowest BCUT2D eigenvalue weighted by Crippen LogP contribution is -2.47. The van der Waals surface area contributed by atoms with Gasteiger partial charge in [-0.05, 0) is 51.0 Å². The van der Waals surface area contributed by atoms with Gasteiger partial charge in [-0.3, -0.25) is 4.68 Å². The highest BCUT2D eigenvalue weighted by Crippen LogP contribution is 2.53. The number of aromatic nitrogens is 2. The molecule has 0 aliphatic heterocycles. The molecular formula is C14H24N2O. The molecule has 3 nitrogen and oxygen atoms in total. The van der Waals surface area contributed by atoms with E-state index < -0.39 is 0 Å². The molecule has 3 heteroatoms. The summed E-state index contributed by atoms with van der Waals surface area (Å²) in [5.41, 5.74) is 2.41. The van der Waals surface area contributed by atoms with Crippen LogP contribution in [0.2, 0.25) is 0 Å². The maximum atomic E-state index is 9.84. The van der Waals surface area contributed by atoms with E-state index in [1.807, 2.05) is 4.68 Å². The fourth-order valence-corrected chi connectivity index (χ4v) is 2.59. The summed E-state index contributed by atoms with van der Waals surface area (Å²) in [7, 11) is 0. The van der Waals surface area contributed by atoms with E-state index in [2.05, 4.69) is 52.8 Å². The van der Waals surface area contributed by atoms with Gasteiger partial charge in [-0.25, -0.2) is 0 Å². The van der Waals surface area contributed by atoms with Crippen molar-refractivity contribution in [2.24, 2.45) is 5.41 Å². The van der Waals surface area contributed by atoms with Crippen LogP contribution in [0.5, 0.6) is 0 Å². The van der Waals surface area contributed by atoms with Gasteiger partial charge in [-0.2, -0.15) is 5.10 Å². The molecule has 0 saturated heterocycles. The van der Waals surface area contributed by atoms with E-state index in [0.717, 1.165) is 12.1 Å². The van der Waals surface area contributed by atoms with Crippen molar-refractivity contribution in [3.05, 3.63) is 17.5 Å². The predicted octanol–water partition coefficient (Wildman–Crippen LogP) is 2.82. The van der Waals surface area contributed by atoms with Crippen molar-refractivity contribution in [2.45, 2.75) is 65.5 Å². The molecule has 96 valence electrons. The van der Waals surface area contributed by atoms with Gasteiger partial charge in [0.25, 0.3) is 0 Å². The van der Waals surface area contributed by atoms with Crippen LogP contribution in [0.4, 0.5) is 0 Å². The molecule has 0 spiro atoms. The predicted molar refractivity (Wildman–Crippen MR) is 69.1 cm³/mol. The van der Waals surface area contributed by atoms with Crippen molar-refractivity contribution < 1.29 is 5.11 Å². The van der Waals surface area contributed by atoms with Gasteiger partial charge >= 0.3 is 0 Å². The number of rotatable bonds is 1. The molecule has 0 radical (unpaired) electrons. The smallest absolute Gasteiger partial charge is 0.0628 e. The van der Waals surface area contributed by atoms with Crippen molar-refractivity contribution >= 4 is 0 Å². The third-order valence-electron chi connectivity index (χ3n) is 4.22. The Morgan fingerprint density at radius 3 is 2.35 bits per heavy atom. The number of nitrogens with zero attached hydrogens (tertiary/aromatic N) is 2. The lowest BCUT2D eigenvalue weighted by Gasteiger charge is -2.49. The minimum absolute atomic E-state index is 0.0174. The summed E-state index contributed by atoms with van der Waals surface area (Å²) in [5.74, 6) is 0.439. The average molecular weight is 236 g/mol. The van der Waals surface area contributed by atoms with Crippen LogP contribution >= 0.6 is 0 Å². The van der Waals surface area contributed by atoms with E-state index in [-0.39, 0.29) is 17.1 Å². The summed E-state index contributed by atoms with van der Waals surface area (Å²) in [5, 5.41) is 14.4. The molecule has 17 heavy (non-hydrogen) atoms. The number of hydrogen-bond acceptors (Lipinski definition) is 2. The van der Waals surface area contributed by atoms with Crippen molar-refractivity contribution in [3.63, 3.8) is 0 Å². The van der Waals surface area contributed by atoms with E-state index in [9.17, 15) is 5.11 Å². The van der Waals surface area contributed by atoms with Gasteiger partial charge in [-0.1, -0.05) is 13.8 Å². The van der Waals surface area contributed by atoms with Gasteiger partial charge in [0.15, 0.2) is 0 Å². The van der Waals surface area contributed by atoms with Gasteiger partial charge in [0.2, 0.25) is 0 Å². The first-order valence-electron chi connectivity index (χ1n) is 6.38. The maximum Gasteiger partial charge on any atom is 0.0628 e. The first kappa shape index (κ1) is 12.6. The van der Waals surface area contributed by atoms with Gasteiger partial charge in [0, 0.05) is 6.20 Å². The molecule has 1 aromatic rings. The SMILES string of the molecule is Cc1nn(C(C)(C)C)cc1C1CC(O)C1(C)C. The Balaban J connectivity index is 2.33. The number of aryl methyl sites for hydroxylation is 1. The zero-order valence-electron chi connectivity index (χ0n) is 11.8. The number of aliphatic hydroxyl groups excluding tert-OH is 1. The summed E-state index contributed by atoms with van der Waals surface area (Å²) in [4.78, 5) is 0. The molecule has 1 saturated carbocycles. The summed E-state index contributed by atoms with van der Waals surface area (Å²) in [6.45, 7) is 12.8. The van der Waals surface area contributed by atoms with E-state index in [0.29, 0.717) is 5.92 Å². The van der Waals surface area contributed by atoms with Crippen LogP contribution in [0, 0.1) is 12.3 Å². The van der Waals surface area contributed by atoms with Crippen molar-refractivity contribution in [1.82, 2.24) is 9.78 Å². The monoisotopic (exact) mass is 236 g/mol. The zero-order chi connectivity index (χ0) is 13.0. The van der Waals surface area contributed by atoms with E-state index in [1.165, 1.54) is 5.56 Å². The second-order valence-corrected chi connectivity index (χ2v) is 6.91. The third-order valence-corrected chi connectivity index (χ3v) is 4.22. The van der Waals surface area contributed by atoms with E-state index in [4.69, 9.17) is 0 Å². The van der Waals surface area contributed by atoms with Crippen LogP contribution in [0.15, 0.2) is 6.20 Å². The first-order valence-corrected chi connectivity index (χ1v) is 6.38. The molecule has 1 N–H and O–H groups in total. The number of hydrogen-bond donors (Lipinski definition) is 1. The Bertz CT molecular complexity index is 426. The molecule has 1 fully saturated rings. The molecule has 0 bridgehead atoms. The fourth-order valence-electron chi connectivity index (χ4n) is 2.59. The minimum atomic E-state index is -0.176. The van der Waals surface area contributed by atoms with Crippen LogP contribution in [-0.4, -0.2) is 21.0 Å². The Kier molecular flexibility index (Phi) is 2.66. The lowest BCUT2D eigenvalue weighted by molar-refractivity contribution is -0.0627. The Hall–Kier alpha value is -0.830. The quantitative estimate of drug-likeness (QED) is 0.814. The molecule has 2 atom stereocenters. The molecule has 0 aromatic carbocycles. The van der Waals surface area contributed by atoms with E-state index in [1.54, 1.807) is 0 Å².